The number of nitrogens with zero attached hydrogens (tertiary/aromatic N) is 1. The van der Waals surface area contributed by atoms with E-state index in [1.807, 2.05) is 67.6 Å². The minimum atomic E-state index is -0.882. The molecule has 1 aliphatic rings. The van der Waals surface area contributed by atoms with Crippen LogP contribution in [0.25, 0.3) is 0 Å². The van der Waals surface area contributed by atoms with E-state index in [9.17, 15) is 9.59 Å². The summed E-state index contributed by atoms with van der Waals surface area (Å²) in [4.78, 5) is 27.3. The molecule has 1 aliphatic carbocycles. The van der Waals surface area contributed by atoms with Gasteiger partial charge in [0.2, 0.25) is 11.8 Å². The fourth-order valence-corrected chi connectivity index (χ4v) is 3.12. The van der Waals surface area contributed by atoms with Crippen LogP contribution in [0.15, 0.2) is 60.7 Å². The van der Waals surface area contributed by atoms with Crippen molar-refractivity contribution < 1.29 is 9.59 Å². The Morgan fingerprint density at radius 1 is 1.04 bits per heavy atom. The van der Waals surface area contributed by atoms with Crippen LogP contribution in [-0.4, -0.2) is 23.8 Å². The Morgan fingerprint density at radius 3 is 2.16 bits per heavy atom. The molecule has 0 aliphatic heterocycles. The molecule has 1 unspecified atom stereocenters. The summed E-state index contributed by atoms with van der Waals surface area (Å²) in [5.41, 5.74) is 1.22. The lowest BCUT2D eigenvalue weighted by molar-refractivity contribution is -0.144. The Balaban J connectivity index is 1.64. The van der Waals surface area contributed by atoms with Crippen molar-refractivity contribution in [3.8, 4) is 0 Å². The summed E-state index contributed by atoms with van der Waals surface area (Å²) in [6.07, 6.45) is 1.25. The third-order valence-corrected chi connectivity index (χ3v) is 4.85. The quantitative estimate of drug-likeness (QED) is 0.823. The number of carbonyl (C=O) groups is 2. The number of nitrogens with one attached hydrogen (secondary N) is 1. The zero-order valence-electron chi connectivity index (χ0n) is 14.7. The first-order valence-electron chi connectivity index (χ1n) is 8.68. The van der Waals surface area contributed by atoms with Gasteiger partial charge < -0.3 is 10.2 Å². The first-order valence-corrected chi connectivity index (χ1v) is 8.68. The fraction of sp³-hybridized carbons (Fsp3) is 0.333. The summed E-state index contributed by atoms with van der Waals surface area (Å²) in [7, 11) is 1.77. The molecule has 130 valence electrons. The highest BCUT2D eigenvalue weighted by Crippen LogP contribution is 2.47. The molecule has 0 saturated heterocycles. The van der Waals surface area contributed by atoms with Gasteiger partial charge in [-0.3, -0.25) is 9.59 Å². The molecule has 0 aromatic heterocycles. The van der Waals surface area contributed by atoms with Crippen molar-refractivity contribution in [2.24, 2.45) is 5.41 Å². The molecule has 2 aromatic carbocycles. The minimum Gasteiger partial charge on any atom is -0.349 e. The van der Waals surface area contributed by atoms with Crippen molar-refractivity contribution in [2.75, 3.05) is 7.05 Å². The number of hydrogen-bond acceptors (Lipinski definition) is 2. The third-order valence-electron chi connectivity index (χ3n) is 4.85. The van der Waals surface area contributed by atoms with Crippen molar-refractivity contribution in [2.45, 2.75) is 32.4 Å². The van der Waals surface area contributed by atoms with E-state index in [4.69, 9.17) is 0 Å². The molecular formula is C21H24N2O2. The van der Waals surface area contributed by atoms with E-state index in [1.165, 1.54) is 0 Å². The van der Waals surface area contributed by atoms with Crippen molar-refractivity contribution in [1.82, 2.24) is 10.2 Å². The molecular weight excluding hydrogens is 312 g/mol. The Bertz CT molecular complexity index is 739. The van der Waals surface area contributed by atoms with Gasteiger partial charge in [0.1, 0.15) is 5.41 Å². The van der Waals surface area contributed by atoms with E-state index in [0.717, 1.165) is 11.1 Å². The normalized spacial score (nSPS) is 15.9. The fourth-order valence-electron chi connectivity index (χ4n) is 3.12. The van der Waals surface area contributed by atoms with Gasteiger partial charge in [0.05, 0.1) is 6.04 Å². The summed E-state index contributed by atoms with van der Waals surface area (Å²) in [6.45, 7) is 2.46. The molecule has 0 radical (unpaired) electrons. The van der Waals surface area contributed by atoms with Crippen LogP contribution in [-0.2, 0) is 16.1 Å². The number of rotatable bonds is 6. The molecule has 4 heteroatoms. The molecule has 0 heterocycles. The topological polar surface area (TPSA) is 49.4 Å². The molecule has 0 spiro atoms. The largest absolute Gasteiger partial charge is 0.349 e. The van der Waals surface area contributed by atoms with Gasteiger partial charge in [-0.05, 0) is 30.9 Å². The first-order chi connectivity index (χ1) is 12.0. The predicted octanol–water partition coefficient (Wildman–Crippen LogP) is 3.30. The Morgan fingerprint density at radius 2 is 1.60 bits per heavy atom. The van der Waals surface area contributed by atoms with E-state index >= 15 is 0 Å². The summed E-state index contributed by atoms with van der Waals surface area (Å²) in [5, 5.41) is 3.01. The van der Waals surface area contributed by atoms with Gasteiger partial charge in [-0.15, -0.1) is 0 Å². The molecule has 2 aromatic rings. The lowest BCUT2D eigenvalue weighted by atomic mass is 10.0. The van der Waals surface area contributed by atoms with Crippen LogP contribution in [0, 0.1) is 5.41 Å². The van der Waals surface area contributed by atoms with Crippen molar-refractivity contribution in [1.29, 1.82) is 0 Å². The highest BCUT2D eigenvalue weighted by atomic mass is 16.2. The first kappa shape index (κ1) is 17.2. The van der Waals surface area contributed by atoms with E-state index in [0.29, 0.717) is 19.4 Å². The van der Waals surface area contributed by atoms with Crippen LogP contribution >= 0.6 is 0 Å². The summed E-state index contributed by atoms with van der Waals surface area (Å²) in [6, 6.07) is 19.5. The van der Waals surface area contributed by atoms with Crippen LogP contribution in [0.3, 0.4) is 0 Å². The van der Waals surface area contributed by atoms with Crippen molar-refractivity contribution >= 4 is 11.8 Å². The lowest BCUT2D eigenvalue weighted by Crippen LogP contribution is -2.44. The second kappa shape index (κ2) is 7.09. The Hall–Kier alpha value is -2.62. The SMILES string of the molecule is CC(NC(=O)C1(C(=O)N(C)Cc2ccccc2)CC1)c1ccccc1. The number of amides is 2. The monoisotopic (exact) mass is 336 g/mol. The predicted molar refractivity (Wildman–Crippen MR) is 97.6 cm³/mol. The molecule has 2 amide bonds. The minimum absolute atomic E-state index is 0.0888. The smallest absolute Gasteiger partial charge is 0.238 e. The summed E-state index contributed by atoms with van der Waals surface area (Å²) < 4.78 is 0. The molecule has 3 rings (SSSR count). The maximum absolute atomic E-state index is 12.9. The van der Waals surface area contributed by atoms with Gasteiger partial charge >= 0.3 is 0 Å². The lowest BCUT2D eigenvalue weighted by Gasteiger charge is -2.24. The van der Waals surface area contributed by atoms with Crippen LogP contribution in [0.5, 0.6) is 0 Å². The Kier molecular flexibility index (Phi) is 4.88. The Labute approximate surface area is 148 Å². The van der Waals surface area contributed by atoms with Gasteiger partial charge in [-0.2, -0.15) is 0 Å². The average molecular weight is 336 g/mol. The van der Waals surface area contributed by atoms with Crippen LogP contribution in [0.1, 0.15) is 36.9 Å². The highest BCUT2D eigenvalue weighted by molar-refractivity contribution is 6.07. The molecule has 1 N–H and O–H groups in total. The van der Waals surface area contributed by atoms with E-state index in [1.54, 1.807) is 11.9 Å². The number of benzene rings is 2. The second-order valence-corrected chi connectivity index (χ2v) is 6.83. The maximum atomic E-state index is 12.9. The highest BCUT2D eigenvalue weighted by Gasteiger charge is 2.57. The maximum Gasteiger partial charge on any atom is 0.238 e. The van der Waals surface area contributed by atoms with Crippen LogP contribution < -0.4 is 5.32 Å². The molecule has 25 heavy (non-hydrogen) atoms. The zero-order valence-corrected chi connectivity index (χ0v) is 14.7. The molecule has 1 atom stereocenters. The van der Waals surface area contributed by atoms with Crippen LogP contribution in [0.4, 0.5) is 0 Å². The van der Waals surface area contributed by atoms with Gasteiger partial charge in [0.25, 0.3) is 0 Å². The number of hydrogen-bond donors (Lipinski definition) is 1. The molecule has 1 fully saturated rings. The average Bonchev–Trinajstić information content (AvgIpc) is 3.44. The molecule has 0 bridgehead atoms. The van der Waals surface area contributed by atoms with E-state index in [-0.39, 0.29) is 17.9 Å². The second-order valence-electron chi connectivity index (χ2n) is 6.83. The molecule has 1 saturated carbocycles. The standard InChI is InChI=1S/C21H24N2O2/c1-16(18-11-7-4-8-12-18)22-19(24)21(13-14-21)20(25)23(2)15-17-9-5-3-6-10-17/h3-12,16H,13-15H2,1-2H3,(H,22,24). The zero-order chi connectivity index (χ0) is 17.9. The third kappa shape index (κ3) is 3.73. The summed E-state index contributed by atoms with van der Waals surface area (Å²) >= 11 is 0. The van der Waals surface area contributed by atoms with Gasteiger partial charge in [0.15, 0.2) is 0 Å². The van der Waals surface area contributed by atoms with Gasteiger partial charge in [-0.1, -0.05) is 60.7 Å². The van der Waals surface area contributed by atoms with Crippen LogP contribution in [0.2, 0.25) is 0 Å². The van der Waals surface area contributed by atoms with E-state index in [2.05, 4.69) is 5.32 Å². The summed E-state index contributed by atoms with van der Waals surface area (Å²) in [5.74, 6) is -0.247. The van der Waals surface area contributed by atoms with Crippen molar-refractivity contribution in [3.05, 3.63) is 71.8 Å². The van der Waals surface area contributed by atoms with E-state index < -0.39 is 5.41 Å². The molecule has 4 nitrogen and oxygen atoms in total. The van der Waals surface area contributed by atoms with Gasteiger partial charge in [-0.25, -0.2) is 0 Å². The van der Waals surface area contributed by atoms with Crippen molar-refractivity contribution in [3.63, 3.8) is 0 Å². The number of carbonyl (C=O) groups excluding carboxylic acids is 2. The van der Waals surface area contributed by atoms with Gasteiger partial charge in [0, 0.05) is 13.6 Å².